The third kappa shape index (κ3) is 3.69. The van der Waals surface area contributed by atoms with E-state index in [1.165, 1.54) is 0 Å². The first-order chi connectivity index (χ1) is 8.96. The van der Waals surface area contributed by atoms with E-state index in [1.54, 1.807) is 11.8 Å². The number of carboxylic acids is 1. The summed E-state index contributed by atoms with van der Waals surface area (Å²) < 4.78 is 0. The first kappa shape index (κ1) is 16.0. The lowest BCUT2D eigenvalue weighted by atomic mass is 9.73. The molecule has 19 heavy (non-hydrogen) atoms. The summed E-state index contributed by atoms with van der Waals surface area (Å²) >= 11 is 0. The molecule has 1 amide bonds. The average Bonchev–Trinajstić information content (AvgIpc) is 2.44. The van der Waals surface area contributed by atoms with E-state index in [4.69, 9.17) is 10.8 Å². The fourth-order valence-corrected chi connectivity index (χ4v) is 2.83. The van der Waals surface area contributed by atoms with E-state index < -0.39 is 17.3 Å². The largest absolute Gasteiger partial charge is 0.481 e. The lowest BCUT2D eigenvalue weighted by Gasteiger charge is -2.39. The fraction of sp³-hybridized carbons (Fsp3) is 0.857. The molecular formula is C14H26N2O3. The van der Waals surface area contributed by atoms with Crippen molar-refractivity contribution < 1.29 is 14.7 Å². The van der Waals surface area contributed by atoms with E-state index in [2.05, 4.69) is 0 Å². The van der Waals surface area contributed by atoms with Gasteiger partial charge in [-0.05, 0) is 19.8 Å². The summed E-state index contributed by atoms with van der Waals surface area (Å²) in [5, 5.41) is 8.98. The second-order valence-electron chi connectivity index (χ2n) is 5.63. The highest BCUT2D eigenvalue weighted by molar-refractivity contribution is 5.83. The maximum absolute atomic E-state index is 12.7. The summed E-state index contributed by atoms with van der Waals surface area (Å²) in [6.45, 7) is 4.70. The number of hydrogen-bond acceptors (Lipinski definition) is 3. The normalized spacial score (nSPS) is 19.7. The van der Waals surface area contributed by atoms with Crippen molar-refractivity contribution in [2.24, 2.45) is 17.1 Å². The molecule has 0 heterocycles. The van der Waals surface area contributed by atoms with Gasteiger partial charge in [0.2, 0.25) is 5.91 Å². The first-order valence-electron chi connectivity index (χ1n) is 7.19. The van der Waals surface area contributed by atoms with Crippen LogP contribution >= 0.6 is 0 Å². The van der Waals surface area contributed by atoms with Crippen LogP contribution in [0.3, 0.4) is 0 Å². The van der Waals surface area contributed by atoms with Crippen molar-refractivity contribution in [1.29, 1.82) is 0 Å². The molecule has 0 bridgehead atoms. The average molecular weight is 270 g/mol. The molecule has 1 fully saturated rings. The summed E-state index contributed by atoms with van der Waals surface area (Å²) in [5.74, 6) is -1.36. The highest BCUT2D eigenvalue weighted by atomic mass is 16.4. The van der Waals surface area contributed by atoms with Crippen LogP contribution in [0.25, 0.3) is 0 Å². The maximum atomic E-state index is 12.7. The Kier molecular flexibility index (Phi) is 5.79. The Balaban J connectivity index is 2.78. The molecule has 0 aromatic carbocycles. The van der Waals surface area contributed by atoms with Crippen molar-refractivity contribution in [3.05, 3.63) is 0 Å². The molecule has 1 saturated carbocycles. The Morgan fingerprint density at radius 1 is 1.32 bits per heavy atom. The number of carbonyl (C=O) groups excluding carboxylic acids is 1. The van der Waals surface area contributed by atoms with Gasteiger partial charge in [0.05, 0.1) is 11.3 Å². The number of hydrogen-bond donors (Lipinski definition) is 2. The molecule has 5 heteroatoms. The third-order valence-corrected chi connectivity index (χ3v) is 4.24. The van der Waals surface area contributed by atoms with Crippen LogP contribution in [0.1, 0.15) is 46.0 Å². The SMILES string of the molecule is CCN(CC(C)C(=O)O)C(=O)C1(CN)CCCCC1. The molecule has 1 unspecified atom stereocenters. The minimum Gasteiger partial charge on any atom is -0.481 e. The van der Waals surface area contributed by atoms with Gasteiger partial charge in [0.15, 0.2) is 0 Å². The number of amides is 1. The summed E-state index contributed by atoms with van der Waals surface area (Å²) in [7, 11) is 0. The second kappa shape index (κ2) is 6.89. The monoisotopic (exact) mass is 270 g/mol. The molecule has 0 aromatic rings. The number of nitrogens with two attached hydrogens (primary N) is 1. The van der Waals surface area contributed by atoms with Crippen molar-refractivity contribution in [3.63, 3.8) is 0 Å². The van der Waals surface area contributed by atoms with Gasteiger partial charge in [0.25, 0.3) is 0 Å². The van der Waals surface area contributed by atoms with E-state index in [-0.39, 0.29) is 12.5 Å². The van der Waals surface area contributed by atoms with Gasteiger partial charge in [-0.3, -0.25) is 9.59 Å². The van der Waals surface area contributed by atoms with Crippen LogP contribution < -0.4 is 5.73 Å². The molecule has 1 aliphatic carbocycles. The van der Waals surface area contributed by atoms with Crippen LogP contribution in [0.4, 0.5) is 0 Å². The van der Waals surface area contributed by atoms with Crippen molar-refractivity contribution in [2.75, 3.05) is 19.6 Å². The zero-order valence-corrected chi connectivity index (χ0v) is 12.0. The molecule has 1 aliphatic rings. The van der Waals surface area contributed by atoms with Crippen molar-refractivity contribution in [2.45, 2.75) is 46.0 Å². The lowest BCUT2D eigenvalue weighted by Crippen LogP contribution is -2.50. The summed E-state index contributed by atoms with van der Waals surface area (Å²) in [5.41, 5.74) is 5.41. The van der Waals surface area contributed by atoms with Gasteiger partial charge in [0, 0.05) is 19.6 Å². The van der Waals surface area contributed by atoms with Gasteiger partial charge in [-0.2, -0.15) is 0 Å². The van der Waals surface area contributed by atoms with Crippen molar-refractivity contribution in [1.82, 2.24) is 4.90 Å². The predicted molar refractivity (Wildman–Crippen MR) is 73.6 cm³/mol. The molecular weight excluding hydrogens is 244 g/mol. The van der Waals surface area contributed by atoms with E-state index in [0.717, 1.165) is 32.1 Å². The minimum absolute atomic E-state index is 0.0466. The number of nitrogens with zero attached hydrogens (tertiary/aromatic N) is 1. The second-order valence-corrected chi connectivity index (χ2v) is 5.63. The van der Waals surface area contributed by atoms with E-state index >= 15 is 0 Å². The Morgan fingerprint density at radius 3 is 2.32 bits per heavy atom. The van der Waals surface area contributed by atoms with Crippen molar-refractivity contribution >= 4 is 11.9 Å². The number of carbonyl (C=O) groups is 2. The molecule has 0 aliphatic heterocycles. The number of carboxylic acid groups (broad SMARTS) is 1. The highest BCUT2D eigenvalue weighted by Gasteiger charge is 2.40. The third-order valence-electron chi connectivity index (χ3n) is 4.24. The number of aliphatic carboxylic acids is 1. The quantitative estimate of drug-likeness (QED) is 0.765. The molecule has 0 saturated heterocycles. The van der Waals surface area contributed by atoms with Crippen LogP contribution in [-0.4, -0.2) is 41.5 Å². The van der Waals surface area contributed by atoms with E-state index in [0.29, 0.717) is 13.1 Å². The first-order valence-corrected chi connectivity index (χ1v) is 7.19. The van der Waals surface area contributed by atoms with Crippen LogP contribution in [-0.2, 0) is 9.59 Å². The van der Waals surface area contributed by atoms with Gasteiger partial charge < -0.3 is 15.7 Å². The summed E-state index contributed by atoms with van der Waals surface area (Å²) in [6, 6.07) is 0. The summed E-state index contributed by atoms with van der Waals surface area (Å²) in [6.07, 6.45) is 4.90. The molecule has 0 radical (unpaired) electrons. The molecule has 5 nitrogen and oxygen atoms in total. The van der Waals surface area contributed by atoms with Gasteiger partial charge >= 0.3 is 5.97 Å². The Labute approximate surface area is 115 Å². The van der Waals surface area contributed by atoms with Crippen LogP contribution in [0.2, 0.25) is 0 Å². The van der Waals surface area contributed by atoms with E-state index in [9.17, 15) is 9.59 Å². The van der Waals surface area contributed by atoms with Gasteiger partial charge in [-0.1, -0.05) is 26.2 Å². The Morgan fingerprint density at radius 2 is 1.89 bits per heavy atom. The molecule has 0 spiro atoms. The molecule has 1 rings (SSSR count). The standard InChI is InChI=1S/C14H26N2O3/c1-3-16(9-11(2)12(17)18)13(19)14(10-15)7-5-4-6-8-14/h11H,3-10,15H2,1-2H3,(H,17,18). The van der Waals surface area contributed by atoms with Crippen LogP contribution in [0.5, 0.6) is 0 Å². The highest BCUT2D eigenvalue weighted by Crippen LogP contribution is 2.37. The minimum atomic E-state index is -0.864. The maximum Gasteiger partial charge on any atom is 0.308 e. The fourth-order valence-electron chi connectivity index (χ4n) is 2.83. The van der Waals surface area contributed by atoms with Gasteiger partial charge in [-0.15, -0.1) is 0 Å². The summed E-state index contributed by atoms with van der Waals surface area (Å²) in [4.78, 5) is 25.3. The smallest absolute Gasteiger partial charge is 0.308 e. The molecule has 3 N–H and O–H groups in total. The predicted octanol–water partition coefficient (Wildman–Crippen LogP) is 1.46. The topological polar surface area (TPSA) is 83.6 Å². The Bertz CT molecular complexity index is 325. The molecule has 0 aromatic heterocycles. The zero-order valence-electron chi connectivity index (χ0n) is 12.0. The zero-order chi connectivity index (χ0) is 14.5. The van der Waals surface area contributed by atoms with Gasteiger partial charge in [-0.25, -0.2) is 0 Å². The lowest BCUT2D eigenvalue weighted by molar-refractivity contribution is -0.147. The molecule has 1 atom stereocenters. The Hall–Kier alpha value is -1.10. The van der Waals surface area contributed by atoms with Crippen LogP contribution in [0, 0.1) is 11.3 Å². The number of rotatable bonds is 6. The van der Waals surface area contributed by atoms with Crippen molar-refractivity contribution in [3.8, 4) is 0 Å². The van der Waals surface area contributed by atoms with Crippen LogP contribution in [0.15, 0.2) is 0 Å². The van der Waals surface area contributed by atoms with E-state index in [1.807, 2.05) is 6.92 Å². The van der Waals surface area contributed by atoms with Gasteiger partial charge in [0.1, 0.15) is 0 Å². The molecule has 110 valence electrons.